The molecular formula is C15H19N5O. The van der Waals surface area contributed by atoms with Crippen molar-refractivity contribution in [2.45, 2.75) is 12.5 Å². The largest absolute Gasteiger partial charge is 0.378 e. The third-order valence-electron chi connectivity index (χ3n) is 3.88. The summed E-state index contributed by atoms with van der Waals surface area (Å²) in [5.41, 5.74) is 1.77. The minimum atomic E-state index is 0.0846. The highest BCUT2D eigenvalue weighted by atomic mass is 16.2. The predicted octanol–water partition coefficient (Wildman–Crippen LogP) is 1.43. The zero-order chi connectivity index (χ0) is 14.8. The molecule has 0 radical (unpaired) electrons. The highest BCUT2D eigenvalue weighted by Crippen LogP contribution is 2.23. The molecule has 1 amide bonds. The zero-order valence-corrected chi connectivity index (χ0v) is 12.3. The molecule has 1 atom stereocenters. The summed E-state index contributed by atoms with van der Waals surface area (Å²) in [6.45, 7) is 1.45. The van der Waals surface area contributed by atoms with Gasteiger partial charge >= 0.3 is 0 Å². The lowest BCUT2D eigenvalue weighted by Crippen LogP contribution is -2.29. The third kappa shape index (κ3) is 2.74. The zero-order valence-electron chi connectivity index (χ0n) is 12.3. The molecule has 1 aliphatic heterocycles. The molecule has 0 bridgehead atoms. The van der Waals surface area contributed by atoms with E-state index in [9.17, 15) is 4.79 Å². The molecule has 6 nitrogen and oxygen atoms in total. The number of carbonyl (C=O) groups excluding carboxylic acids is 1. The van der Waals surface area contributed by atoms with Gasteiger partial charge in [-0.1, -0.05) is 11.3 Å². The van der Waals surface area contributed by atoms with E-state index in [0.717, 1.165) is 24.2 Å². The van der Waals surface area contributed by atoms with Crippen molar-refractivity contribution in [1.29, 1.82) is 0 Å². The van der Waals surface area contributed by atoms with Gasteiger partial charge in [-0.2, -0.15) is 0 Å². The number of anilines is 1. The first-order valence-electron chi connectivity index (χ1n) is 7.07. The molecular weight excluding hydrogens is 266 g/mol. The molecule has 6 heteroatoms. The number of hydrogen-bond acceptors (Lipinski definition) is 4. The summed E-state index contributed by atoms with van der Waals surface area (Å²) in [4.78, 5) is 16.5. The summed E-state index contributed by atoms with van der Waals surface area (Å²) < 4.78 is 1.84. The van der Waals surface area contributed by atoms with Gasteiger partial charge in [0, 0.05) is 44.6 Å². The van der Waals surface area contributed by atoms with Crippen molar-refractivity contribution >= 4 is 11.6 Å². The number of carbonyl (C=O) groups is 1. The van der Waals surface area contributed by atoms with Crippen LogP contribution in [0.4, 0.5) is 5.69 Å². The molecule has 1 aliphatic rings. The van der Waals surface area contributed by atoms with Crippen molar-refractivity contribution < 1.29 is 4.79 Å². The van der Waals surface area contributed by atoms with Crippen LogP contribution in [0.3, 0.4) is 0 Å². The Kier molecular flexibility index (Phi) is 3.60. The number of benzene rings is 1. The molecule has 110 valence electrons. The number of likely N-dealkylation sites (tertiary alicyclic amines) is 1. The predicted molar refractivity (Wildman–Crippen MR) is 80.3 cm³/mol. The normalized spacial score (nSPS) is 18.0. The molecule has 2 heterocycles. The number of nitrogens with zero attached hydrogens (tertiary/aromatic N) is 5. The second kappa shape index (κ2) is 5.55. The van der Waals surface area contributed by atoms with Crippen molar-refractivity contribution in [2.24, 2.45) is 0 Å². The fraction of sp³-hybridized carbons (Fsp3) is 0.400. The Morgan fingerprint density at radius 3 is 2.95 bits per heavy atom. The second-order valence-corrected chi connectivity index (χ2v) is 5.52. The summed E-state index contributed by atoms with van der Waals surface area (Å²) in [6, 6.07) is 7.96. The van der Waals surface area contributed by atoms with E-state index in [0.29, 0.717) is 6.54 Å². The standard InChI is InChI=1S/C15H19N5O/c1-18(2)13-5-3-4-12(10-13)15(21)19-8-6-14(11-19)20-9-7-16-17-20/h3-5,7,9-10,14H,6,8,11H2,1-2H3. The highest BCUT2D eigenvalue weighted by molar-refractivity contribution is 5.95. The maximum Gasteiger partial charge on any atom is 0.254 e. The Balaban J connectivity index is 1.73. The van der Waals surface area contributed by atoms with Crippen LogP contribution in [0.25, 0.3) is 0 Å². The smallest absolute Gasteiger partial charge is 0.254 e. The van der Waals surface area contributed by atoms with E-state index in [1.807, 2.05) is 59.0 Å². The number of amides is 1. The van der Waals surface area contributed by atoms with Crippen molar-refractivity contribution in [3.8, 4) is 0 Å². The Bertz CT molecular complexity index is 623. The van der Waals surface area contributed by atoms with Crippen LogP contribution >= 0.6 is 0 Å². The van der Waals surface area contributed by atoms with Gasteiger partial charge in [0.15, 0.2) is 0 Å². The van der Waals surface area contributed by atoms with Crippen molar-refractivity contribution in [3.63, 3.8) is 0 Å². The summed E-state index contributed by atoms with van der Waals surface area (Å²) >= 11 is 0. The van der Waals surface area contributed by atoms with Crippen LogP contribution in [0.5, 0.6) is 0 Å². The minimum absolute atomic E-state index is 0.0846. The topological polar surface area (TPSA) is 54.3 Å². The quantitative estimate of drug-likeness (QED) is 0.856. The van der Waals surface area contributed by atoms with Gasteiger partial charge in [-0.05, 0) is 24.6 Å². The summed E-state index contributed by atoms with van der Waals surface area (Å²) in [5, 5.41) is 7.85. The molecule has 1 aromatic heterocycles. The Hall–Kier alpha value is -2.37. The third-order valence-corrected chi connectivity index (χ3v) is 3.88. The van der Waals surface area contributed by atoms with Crippen LogP contribution in [0.2, 0.25) is 0 Å². The van der Waals surface area contributed by atoms with Gasteiger partial charge < -0.3 is 9.80 Å². The van der Waals surface area contributed by atoms with E-state index in [1.165, 1.54) is 0 Å². The Morgan fingerprint density at radius 1 is 1.38 bits per heavy atom. The van der Waals surface area contributed by atoms with Gasteiger partial charge in [-0.15, -0.1) is 5.10 Å². The van der Waals surface area contributed by atoms with E-state index < -0.39 is 0 Å². The Labute approximate surface area is 124 Å². The van der Waals surface area contributed by atoms with E-state index in [-0.39, 0.29) is 11.9 Å². The van der Waals surface area contributed by atoms with Gasteiger partial charge in [0.1, 0.15) is 0 Å². The average molecular weight is 285 g/mol. The van der Waals surface area contributed by atoms with E-state index in [1.54, 1.807) is 6.20 Å². The molecule has 2 aromatic rings. The fourth-order valence-electron chi connectivity index (χ4n) is 2.65. The van der Waals surface area contributed by atoms with Gasteiger partial charge in [-0.3, -0.25) is 4.79 Å². The fourth-order valence-corrected chi connectivity index (χ4v) is 2.65. The van der Waals surface area contributed by atoms with Crippen molar-refractivity contribution in [3.05, 3.63) is 42.2 Å². The molecule has 3 rings (SSSR count). The molecule has 1 fully saturated rings. The lowest BCUT2D eigenvalue weighted by atomic mass is 10.1. The molecule has 21 heavy (non-hydrogen) atoms. The Morgan fingerprint density at radius 2 is 2.24 bits per heavy atom. The molecule has 0 saturated carbocycles. The number of aromatic nitrogens is 3. The average Bonchev–Trinajstić information content (AvgIpc) is 3.17. The van der Waals surface area contributed by atoms with Crippen LogP contribution < -0.4 is 4.90 Å². The molecule has 0 spiro atoms. The van der Waals surface area contributed by atoms with E-state index in [2.05, 4.69) is 10.3 Å². The molecule has 1 unspecified atom stereocenters. The van der Waals surface area contributed by atoms with Crippen LogP contribution in [0, 0.1) is 0 Å². The second-order valence-electron chi connectivity index (χ2n) is 5.52. The van der Waals surface area contributed by atoms with Gasteiger partial charge in [0.2, 0.25) is 0 Å². The van der Waals surface area contributed by atoms with Crippen LogP contribution in [0.15, 0.2) is 36.7 Å². The number of hydrogen-bond donors (Lipinski definition) is 0. The monoisotopic (exact) mass is 285 g/mol. The molecule has 0 N–H and O–H groups in total. The van der Waals surface area contributed by atoms with Crippen LogP contribution in [-0.4, -0.2) is 53.0 Å². The molecule has 1 aromatic carbocycles. The number of rotatable bonds is 3. The summed E-state index contributed by atoms with van der Waals surface area (Å²) in [5.74, 6) is 0.0846. The van der Waals surface area contributed by atoms with Crippen LogP contribution in [-0.2, 0) is 0 Å². The summed E-state index contributed by atoms with van der Waals surface area (Å²) in [7, 11) is 3.94. The molecule has 0 aliphatic carbocycles. The van der Waals surface area contributed by atoms with E-state index in [4.69, 9.17) is 0 Å². The van der Waals surface area contributed by atoms with Crippen molar-refractivity contribution in [2.75, 3.05) is 32.1 Å². The van der Waals surface area contributed by atoms with E-state index >= 15 is 0 Å². The van der Waals surface area contributed by atoms with Gasteiger partial charge in [0.05, 0.1) is 12.2 Å². The van der Waals surface area contributed by atoms with Crippen LogP contribution in [0.1, 0.15) is 22.8 Å². The maximum atomic E-state index is 12.6. The lowest BCUT2D eigenvalue weighted by molar-refractivity contribution is 0.0787. The first-order chi connectivity index (χ1) is 10.1. The van der Waals surface area contributed by atoms with Gasteiger partial charge in [-0.25, -0.2) is 4.68 Å². The lowest BCUT2D eigenvalue weighted by Gasteiger charge is -2.18. The maximum absolute atomic E-state index is 12.6. The van der Waals surface area contributed by atoms with Gasteiger partial charge in [0.25, 0.3) is 5.91 Å². The first kappa shape index (κ1) is 13.6. The van der Waals surface area contributed by atoms with Crippen molar-refractivity contribution in [1.82, 2.24) is 19.9 Å². The first-order valence-corrected chi connectivity index (χ1v) is 7.07. The molecule has 1 saturated heterocycles. The summed E-state index contributed by atoms with van der Waals surface area (Å²) in [6.07, 6.45) is 4.44. The SMILES string of the molecule is CN(C)c1cccc(C(=O)N2CCC(n3ccnn3)C2)c1. The highest BCUT2D eigenvalue weighted by Gasteiger charge is 2.28. The minimum Gasteiger partial charge on any atom is -0.378 e.